The van der Waals surface area contributed by atoms with Gasteiger partial charge in [0.1, 0.15) is 5.60 Å². The molecule has 1 fully saturated rings. The molecule has 1 rings (SSSR count). The van der Waals surface area contributed by atoms with E-state index in [1.54, 1.807) is 20.8 Å². The number of ketones is 1. The standard InChI is InChI=1S/C12H18BrF2NO3/c1-11(2,3)19-10(18)16-5-4-8(6-16)9(17)12(14,15)7-13/h8H,4-7H2,1-3H3. The Kier molecular flexibility index (Phi) is 4.92. The Morgan fingerprint density at radius 3 is 2.42 bits per heavy atom. The fourth-order valence-electron chi connectivity index (χ4n) is 1.83. The van der Waals surface area contributed by atoms with Crippen LogP contribution in [0.15, 0.2) is 0 Å². The van der Waals surface area contributed by atoms with Crippen molar-refractivity contribution in [2.75, 3.05) is 18.4 Å². The van der Waals surface area contributed by atoms with Gasteiger partial charge in [0.15, 0.2) is 0 Å². The van der Waals surface area contributed by atoms with Gasteiger partial charge in [0.25, 0.3) is 0 Å². The zero-order valence-electron chi connectivity index (χ0n) is 11.2. The Balaban J connectivity index is 2.59. The van der Waals surface area contributed by atoms with E-state index in [1.165, 1.54) is 4.90 Å². The third-order valence-corrected chi connectivity index (χ3v) is 3.44. The Hall–Kier alpha value is -0.720. The van der Waals surface area contributed by atoms with E-state index < -0.39 is 34.6 Å². The van der Waals surface area contributed by atoms with Gasteiger partial charge in [-0.3, -0.25) is 4.79 Å². The number of likely N-dealkylation sites (tertiary alicyclic amines) is 1. The number of Topliss-reactive ketones (excluding diaryl/α,β-unsaturated/α-hetero) is 1. The van der Waals surface area contributed by atoms with Crippen molar-refractivity contribution in [3.8, 4) is 0 Å². The highest BCUT2D eigenvalue weighted by atomic mass is 79.9. The Morgan fingerprint density at radius 2 is 1.95 bits per heavy atom. The molecular weight excluding hydrogens is 324 g/mol. The fourth-order valence-corrected chi connectivity index (χ4v) is 2.11. The molecule has 110 valence electrons. The number of hydrogen-bond donors (Lipinski definition) is 0. The lowest BCUT2D eigenvalue weighted by molar-refractivity contribution is -0.143. The minimum absolute atomic E-state index is 0.00363. The fraction of sp³-hybridized carbons (Fsp3) is 0.833. The summed E-state index contributed by atoms with van der Waals surface area (Å²) >= 11 is 2.63. The van der Waals surface area contributed by atoms with Crippen LogP contribution < -0.4 is 0 Å². The van der Waals surface area contributed by atoms with E-state index in [-0.39, 0.29) is 19.5 Å². The molecule has 0 radical (unpaired) electrons. The number of alkyl halides is 3. The molecule has 0 aromatic rings. The summed E-state index contributed by atoms with van der Waals surface area (Å²) in [5, 5.41) is -0.693. The average molecular weight is 342 g/mol. The number of halogens is 3. The van der Waals surface area contributed by atoms with Gasteiger partial charge in [-0.15, -0.1) is 0 Å². The first-order valence-electron chi connectivity index (χ1n) is 6.03. The lowest BCUT2D eigenvalue weighted by Gasteiger charge is -2.24. The van der Waals surface area contributed by atoms with Crippen molar-refractivity contribution in [2.24, 2.45) is 5.92 Å². The largest absolute Gasteiger partial charge is 0.444 e. The SMILES string of the molecule is CC(C)(C)OC(=O)N1CCC(C(=O)C(F)(F)CBr)C1. The molecule has 0 spiro atoms. The molecule has 1 unspecified atom stereocenters. The van der Waals surface area contributed by atoms with Crippen molar-refractivity contribution in [3.05, 3.63) is 0 Å². The molecule has 1 aliphatic heterocycles. The number of amides is 1. The topological polar surface area (TPSA) is 46.6 Å². The highest BCUT2D eigenvalue weighted by molar-refractivity contribution is 9.09. The zero-order valence-corrected chi connectivity index (χ0v) is 12.8. The van der Waals surface area contributed by atoms with Gasteiger partial charge in [0, 0.05) is 19.0 Å². The zero-order chi connectivity index (χ0) is 14.8. The summed E-state index contributed by atoms with van der Waals surface area (Å²) in [5.41, 5.74) is -0.640. The molecular formula is C12H18BrF2NO3. The first kappa shape index (κ1) is 16.3. The van der Waals surface area contributed by atoms with Crippen molar-refractivity contribution < 1.29 is 23.1 Å². The monoisotopic (exact) mass is 341 g/mol. The van der Waals surface area contributed by atoms with Crippen LogP contribution in [0.2, 0.25) is 0 Å². The van der Waals surface area contributed by atoms with Crippen LogP contribution in [0.5, 0.6) is 0 Å². The van der Waals surface area contributed by atoms with Gasteiger partial charge in [-0.05, 0) is 27.2 Å². The smallest absolute Gasteiger partial charge is 0.410 e. The summed E-state index contributed by atoms with van der Waals surface area (Å²) in [7, 11) is 0. The second-order valence-electron chi connectivity index (χ2n) is 5.61. The quantitative estimate of drug-likeness (QED) is 0.741. The predicted molar refractivity (Wildman–Crippen MR) is 69.7 cm³/mol. The maximum Gasteiger partial charge on any atom is 0.410 e. The second kappa shape index (κ2) is 5.73. The van der Waals surface area contributed by atoms with E-state index in [1.807, 2.05) is 0 Å². The number of rotatable bonds is 3. The average Bonchev–Trinajstić information content (AvgIpc) is 2.74. The number of nitrogens with zero attached hydrogens (tertiary/aromatic N) is 1. The minimum atomic E-state index is -3.38. The van der Waals surface area contributed by atoms with E-state index in [0.717, 1.165) is 0 Å². The maximum absolute atomic E-state index is 13.3. The molecule has 0 saturated carbocycles. The van der Waals surface area contributed by atoms with Gasteiger partial charge in [0.05, 0.1) is 5.33 Å². The highest BCUT2D eigenvalue weighted by Crippen LogP contribution is 2.28. The molecule has 0 bridgehead atoms. The van der Waals surface area contributed by atoms with Crippen LogP contribution in [-0.4, -0.2) is 46.7 Å². The molecule has 7 heteroatoms. The van der Waals surface area contributed by atoms with Gasteiger partial charge < -0.3 is 9.64 Å². The van der Waals surface area contributed by atoms with E-state index >= 15 is 0 Å². The Labute approximate surface area is 119 Å². The van der Waals surface area contributed by atoms with Gasteiger partial charge in [-0.25, -0.2) is 4.79 Å². The minimum Gasteiger partial charge on any atom is -0.444 e. The normalized spacial score (nSPS) is 20.5. The number of ether oxygens (including phenoxy) is 1. The molecule has 1 amide bonds. The molecule has 0 aromatic heterocycles. The first-order chi connectivity index (χ1) is 8.57. The number of carbonyl (C=O) groups excluding carboxylic acids is 2. The summed E-state index contributed by atoms with van der Waals surface area (Å²) in [6, 6.07) is 0. The van der Waals surface area contributed by atoms with E-state index in [9.17, 15) is 18.4 Å². The lowest BCUT2D eigenvalue weighted by atomic mass is 9.99. The Morgan fingerprint density at radius 1 is 1.37 bits per heavy atom. The van der Waals surface area contributed by atoms with Gasteiger partial charge in [0.2, 0.25) is 5.78 Å². The molecule has 0 N–H and O–H groups in total. The summed E-state index contributed by atoms with van der Waals surface area (Å²) in [6.07, 6.45) is -0.314. The van der Waals surface area contributed by atoms with Gasteiger partial charge >= 0.3 is 12.0 Å². The van der Waals surface area contributed by atoms with Crippen LogP contribution in [0.25, 0.3) is 0 Å². The number of hydrogen-bond acceptors (Lipinski definition) is 3. The van der Waals surface area contributed by atoms with Crippen molar-refractivity contribution in [3.63, 3.8) is 0 Å². The second-order valence-corrected chi connectivity index (χ2v) is 6.18. The van der Waals surface area contributed by atoms with Crippen molar-refractivity contribution in [2.45, 2.75) is 38.7 Å². The molecule has 1 atom stereocenters. The lowest BCUT2D eigenvalue weighted by Crippen LogP contribution is -2.39. The van der Waals surface area contributed by atoms with Crippen molar-refractivity contribution >= 4 is 27.8 Å². The summed E-state index contributed by atoms with van der Waals surface area (Å²) in [6.45, 7) is 5.44. The van der Waals surface area contributed by atoms with E-state index in [4.69, 9.17) is 4.74 Å². The predicted octanol–water partition coefficient (Wildman–Crippen LogP) is 2.84. The van der Waals surface area contributed by atoms with Crippen LogP contribution in [0.1, 0.15) is 27.2 Å². The van der Waals surface area contributed by atoms with Crippen LogP contribution in [0, 0.1) is 5.92 Å². The van der Waals surface area contributed by atoms with Crippen LogP contribution in [0.4, 0.5) is 13.6 Å². The summed E-state index contributed by atoms with van der Waals surface area (Å²) in [5.74, 6) is -5.32. The van der Waals surface area contributed by atoms with Gasteiger partial charge in [-0.2, -0.15) is 8.78 Å². The molecule has 0 aliphatic carbocycles. The van der Waals surface area contributed by atoms with Crippen LogP contribution in [0.3, 0.4) is 0 Å². The van der Waals surface area contributed by atoms with Crippen molar-refractivity contribution in [1.29, 1.82) is 0 Å². The molecule has 0 aromatic carbocycles. The van der Waals surface area contributed by atoms with Crippen LogP contribution in [-0.2, 0) is 9.53 Å². The van der Waals surface area contributed by atoms with E-state index in [0.29, 0.717) is 0 Å². The van der Waals surface area contributed by atoms with Gasteiger partial charge in [-0.1, -0.05) is 15.9 Å². The molecule has 1 aliphatic rings. The molecule has 1 heterocycles. The maximum atomic E-state index is 13.3. The Bertz CT molecular complexity index is 368. The summed E-state index contributed by atoms with van der Waals surface area (Å²) in [4.78, 5) is 24.6. The molecule has 4 nitrogen and oxygen atoms in total. The first-order valence-corrected chi connectivity index (χ1v) is 7.15. The third kappa shape index (κ3) is 4.40. The van der Waals surface area contributed by atoms with Crippen LogP contribution >= 0.6 is 15.9 Å². The third-order valence-electron chi connectivity index (χ3n) is 2.74. The highest BCUT2D eigenvalue weighted by Gasteiger charge is 2.45. The number of carbonyl (C=O) groups is 2. The van der Waals surface area contributed by atoms with E-state index in [2.05, 4.69) is 15.9 Å². The molecule has 19 heavy (non-hydrogen) atoms. The summed E-state index contributed by atoms with van der Waals surface area (Å²) < 4.78 is 31.7. The van der Waals surface area contributed by atoms with Crippen molar-refractivity contribution in [1.82, 2.24) is 4.90 Å². The molecule has 1 saturated heterocycles.